The van der Waals surface area contributed by atoms with E-state index < -0.39 is 9.84 Å². The molecular weight excluding hydrogens is 136 g/mol. The summed E-state index contributed by atoms with van der Waals surface area (Å²) in [6.45, 7) is 12.1. The van der Waals surface area contributed by atoms with Crippen molar-refractivity contribution >= 4 is 56.9 Å². The molecular formula is CH3B7OS. The molecule has 9 heteroatoms. The van der Waals surface area contributed by atoms with Gasteiger partial charge in [0.1, 0.15) is 0 Å². The van der Waals surface area contributed by atoms with Crippen molar-refractivity contribution in [2.45, 2.75) is 0 Å². The molecule has 0 heterocycles. The van der Waals surface area contributed by atoms with E-state index in [1.165, 1.54) is 6.69 Å². The van der Waals surface area contributed by atoms with Crippen LogP contribution in [-0.2, 0) is 4.18 Å². The summed E-state index contributed by atoms with van der Waals surface area (Å²) >= 11 is 0. The van der Waals surface area contributed by atoms with Crippen molar-refractivity contribution < 1.29 is 4.18 Å². The van der Waals surface area contributed by atoms with Crippen LogP contribution in [0, 0.1) is 0 Å². The predicted octanol–water partition coefficient (Wildman–Crippen LogP) is -1.92. The summed E-state index contributed by atoms with van der Waals surface area (Å²) in [4.78, 5) is 0. The van der Waals surface area contributed by atoms with Gasteiger partial charge in [0.2, 0.25) is 0 Å². The van der Waals surface area contributed by atoms with E-state index in [9.17, 15) is 0 Å². The Kier molecular flexibility index (Phi) is 8.23. The van der Waals surface area contributed by atoms with Gasteiger partial charge < -0.3 is 0 Å². The molecule has 10 heavy (non-hydrogen) atoms. The van der Waals surface area contributed by atoms with Crippen molar-refractivity contribution in [1.29, 1.82) is 0 Å². The molecule has 0 aliphatic heterocycles. The van der Waals surface area contributed by atoms with E-state index in [2.05, 4.69) is 0 Å². The van der Waals surface area contributed by atoms with Crippen molar-refractivity contribution in [1.82, 2.24) is 0 Å². The van der Waals surface area contributed by atoms with Gasteiger partial charge in [-0.05, 0) is 0 Å². The molecule has 0 aromatic heterocycles. The van der Waals surface area contributed by atoms with Crippen LogP contribution in [0.4, 0.5) is 0 Å². The predicted molar refractivity (Wildman–Crippen MR) is 54.9 cm³/mol. The second-order valence-corrected chi connectivity index (χ2v) is 2.66. The molecule has 0 aromatic carbocycles. The Balaban J connectivity index is 3.87. The van der Waals surface area contributed by atoms with E-state index >= 15 is 0 Å². The van der Waals surface area contributed by atoms with E-state index in [4.69, 9.17) is 18.5 Å². The molecule has 0 spiro atoms. The first-order valence-corrected chi connectivity index (χ1v) is 3.99. The van der Waals surface area contributed by atoms with Crippen LogP contribution in [0.5, 0.6) is 0 Å². The Morgan fingerprint density at radius 2 is 2.00 bits per heavy atom. The van der Waals surface area contributed by atoms with E-state index in [0.29, 0.717) is 0 Å². The normalized spacial score (nSPS) is 9.70. The topological polar surface area (TPSA) is 9.23 Å². The zero-order valence-electron chi connectivity index (χ0n) is 5.86. The summed E-state index contributed by atoms with van der Waals surface area (Å²) in [5.74, 6) is 0. The van der Waals surface area contributed by atoms with Gasteiger partial charge in [-0.25, -0.2) is 0 Å². The monoisotopic (exact) mass is 140 g/mol. The molecule has 0 aliphatic rings. The fraction of sp³-hybridized carbons (Fsp3) is 1.00. The van der Waals surface area contributed by atoms with Crippen LogP contribution in [-0.4, -0.2) is 54.2 Å². The van der Waals surface area contributed by atoms with Crippen LogP contribution < -0.4 is 0 Å². The second kappa shape index (κ2) is 7.74. The third-order valence-corrected chi connectivity index (χ3v) is 1.55. The van der Waals surface area contributed by atoms with Crippen LogP contribution in [0.3, 0.4) is 0 Å². The summed E-state index contributed by atoms with van der Waals surface area (Å²) in [6, 6.07) is 1.75. The fourth-order valence-electron chi connectivity index (χ4n) is 0.307. The third kappa shape index (κ3) is 6.75. The van der Waals surface area contributed by atoms with E-state index in [-0.39, 0.29) is 0 Å². The molecule has 1 nitrogen and oxygen atoms in total. The first-order chi connectivity index (χ1) is 4.81. The average Bonchev–Trinajstić information content (AvgIpc) is 1.98. The van der Waals surface area contributed by atoms with E-state index in [1.54, 1.807) is 33.2 Å². The Labute approximate surface area is 68.6 Å². The van der Waals surface area contributed by atoms with Gasteiger partial charge in [-0.15, -0.1) is 0 Å². The number of hydrogen-bond donors (Lipinski definition) is 0. The molecule has 0 atom stereocenters. The minimum atomic E-state index is -0.567. The zero-order chi connectivity index (χ0) is 7.82. The van der Waals surface area contributed by atoms with Crippen LogP contribution in [0.15, 0.2) is 0 Å². The molecule has 0 aliphatic carbocycles. The molecule has 0 unspecified atom stereocenters. The summed E-state index contributed by atoms with van der Waals surface area (Å²) in [7, 11) is 6.07. The quantitative estimate of drug-likeness (QED) is 0.405. The molecule has 0 N–H and O–H groups in total. The molecule has 2 radical (unpaired) electrons. The average molecular weight is 139 g/mol. The molecule has 0 amide bonds. The van der Waals surface area contributed by atoms with Gasteiger partial charge in [-0.1, -0.05) is 0 Å². The summed E-state index contributed by atoms with van der Waals surface area (Å²) in [5.41, 5.74) is 0. The number of hydrogen-bond acceptors (Lipinski definition) is 1. The van der Waals surface area contributed by atoms with Crippen LogP contribution in [0.1, 0.15) is 0 Å². The summed E-state index contributed by atoms with van der Waals surface area (Å²) in [5, 5.41) is 0. The van der Waals surface area contributed by atoms with Crippen molar-refractivity contribution in [2.24, 2.45) is 0 Å². The summed E-state index contributed by atoms with van der Waals surface area (Å²) < 4.78 is 4.77. The Hall–Kier alpha value is 0.635. The zero-order valence-corrected chi connectivity index (χ0v) is 6.67. The van der Waals surface area contributed by atoms with Crippen LogP contribution in [0.2, 0.25) is 0 Å². The SMILES string of the molecule is [B]B=BB=BB=S(#B)OC. The van der Waals surface area contributed by atoms with Crippen LogP contribution in [0.25, 0.3) is 0 Å². The molecule has 0 bridgehead atoms. The van der Waals surface area contributed by atoms with Gasteiger partial charge >= 0.3 is 68.2 Å². The Morgan fingerprint density at radius 3 is 2.50 bits per heavy atom. The fourth-order valence-corrected chi connectivity index (χ4v) is 0.663. The van der Waals surface area contributed by atoms with Gasteiger partial charge in [0, 0.05) is 0 Å². The maximum atomic E-state index is 5.40. The first-order valence-electron chi connectivity index (χ1n) is 2.71. The van der Waals surface area contributed by atoms with Gasteiger partial charge in [-0.2, -0.15) is 0 Å². The molecule has 0 aromatic rings. The minimum absolute atomic E-state index is 0.567. The maximum absolute atomic E-state index is 5.40. The summed E-state index contributed by atoms with van der Waals surface area (Å²) in [6.07, 6.45) is 0. The van der Waals surface area contributed by atoms with E-state index in [1.807, 2.05) is 0 Å². The number of rotatable bonds is 2. The third-order valence-electron chi connectivity index (χ3n) is 0.738. The van der Waals surface area contributed by atoms with E-state index in [0.717, 1.165) is 0 Å². The molecule has 0 saturated carbocycles. The Morgan fingerprint density at radius 1 is 1.30 bits per heavy atom. The van der Waals surface area contributed by atoms with Crippen molar-refractivity contribution in [3.8, 4) is 0 Å². The van der Waals surface area contributed by atoms with Crippen molar-refractivity contribution in [2.75, 3.05) is 7.11 Å². The van der Waals surface area contributed by atoms with Gasteiger partial charge in [0.05, 0.1) is 0 Å². The Bertz CT molecular complexity index is 246. The molecule has 0 saturated heterocycles. The van der Waals surface area contributed by atoms with Gasteiger partial charge in [0.25, 0.3) is 0 Å². The molecule has 0 fully saturated rings. The molecule has 0 rings (SSSR count). The standard InChI is InChI=1S/CH3B7OS/c1-9-10(3)8-7-6-5-4-2/h1H3. The van der Waals surface area contributed by atoms with Gasteiger partial charge in [0.15, 0.2) is 0 Å². The van der Waals surface area contributed by atoms with Gasteiger partial charge in [-0.3, -0.25) is 0 Å². The van der Waals surface area contributed by atoms with Crippen molar-refractivity contribution in [3.05, 3.63) is 0 Å². The molecule has 40 valence electrons. The second-order valence-electron chi connectivity index (χ2n) is 1.40. The first kappa shape index (κ1) is 10.6. The van der Waals surface area contributed by atoms with Crippen molar-refractivity contribution in [3.63, 3.8) is 0 Å². The van der Waals surface area contributed by atoms with Crippen LogP contribution >= 0.6 is 9.84 Å².